The van der Waals surface area contributed by atoms with Gasteiger partial charge < -0.3 is 24.8 Å². The molecule has 0 amide bonds. The molecular formula is C15H25BNO4. The minimum Gasteiger partial charge on any atom is -0.494 e. The van der Waals surface area contributed by atoms with Crippen molar-refractivity contribution >= 4 is 7.62 Å². The number of rotatable bonds is 11. The highest BCUT2D eigenvalue weighted by Crippen LogP contribution is 2.20. The molecule has 0 saturated carbocycles. The first-order chi connectivity index (χ1) is 10.2. The minimum absolute atomic E-state index is 0.198. The first-order valence-electron chi connectivity index (χ1n) is 7.35. The summed E-state index contributed by atoms with van der Waals surface area (Å²) in [6.07, 6.45) is 2.55. The van der Waals surface area contributed by atoms with Crippen molar-refractivity contribution in [1.29, 1.82) is 0 Å². The van der Waals surface area contributed by atoms with E-state index in [9.17, 15) is 10.2 Å². The van der Waals surface area contributed by atoms with E-state index < -0.39 is 12.1 Å². The molecule has 3 N–H and O–H groups in total. The largest absolute Gasteiger partial charge is 0.494 e. The Hall–Kier alpha value is -1.08. The van der Waals surface area contributed by atoms with Gasteiger partial charge in [0.2, 0.25) is 0 Å². The third-order valence-corrected chi connectivity index (χ3v) is 3.22. The highest BCUT2D eigenvalue weighted by Gasteiger charge is 2.20. The van der Waals surface area contributed by atoms with Crippen molar-refractivity contribution in [3.8, 4) is 5.75 Å². The number of ether oxygens (including phenoxy) is 1. The highest BCUT2D eigenvalue weighted by atomic mass is 16.5. The van der Waals surface area contributed by atoms with Gasteiger partial charge in [-0.05, 0) is 24.1 Å². The molecule has 1 rings (SSSR count). The van der Waals surface area contributed by atoms with Crippen molar-refractivity contribution in [2.45, 2.75) is 38.3 Å². The highest BCUT2D eigenvalue weighted by molar-refractivity contribution is 6.23. The van der Waals surface area contributed by atoms with Crippen molar-refractivity contribution < 1.29 is 19.6 Å². The maximum absolute atomic E-state index is 10.2. The third kappa shape index (κ3) is 6.48. The Morgan fingerprint density at radius 3 is 2.52 bits per heavy atom. The second-order valence-corrected chi connectivity index (χ2v) is 4.88. The first kappa shape index (κ1) is 18.0. The monoisotopic (exact) mass is 294 g/mol. The fourth-order valence-electron chi connectivity index (χ4n) is 1.93. The number of unbranched alkanes of at least 4 members (excludes halogenated alkanes) is 2. The van der Waals surface area contributed by atoms with Gasteiger partial charge in [0.25, 0.3) is 0 Å². The lowest BCUT2D eigenvalue weighted by molar-refractivity contribution is 0.0991. The molecule has 5 nitrogen and oxygen atoms in total. The molecule has 0 aromatic heterocycles. The maximum atomic E-state index is 10.2. The number of nitrogens with one attached hydrogen (secondary N) is 1. The summed E-state index contributed by atoms with van der Waals surface area (Å²) in [6, 6.07) is 6.76. The summed E-state index contributed by atoms with van der Waals surface area (Å²) >= 11 is 0. The molecule has 1 radical (unpaired) electrons. The van der Waals surface area contributed by atoms with E-state index in [1.807, 2.05) is 12.1 Å². The molecule has 0 bridgehead atoms. The Kier molecular flexibility index (Phi) is 9.09. The van der Waals surface area contributed by atoms with Gasteiger partial charge in [-0.1, -0.05) is 31.9 Å². The summed E-state index contributed by atoms with van der Waals surface area (Å²) in [5.41, 5.74) is 0.715. The number of hydrogen-bond acceptors (Lipinski definition) is 5. The Bertz CT molecular complexity index is 374. The van der Waals surface area contributed by atoms with E-state index in [-0.39, 0.29) is 6.61 Å². The summed E-state index contributed by atoms with van der Waals surface area (Å²) in [5.74, 6) is 0.791. The van der Waals surface area contributed by atoms with Crippen molar-refractivity contribution in [2.24, 2.45) is 0 Å². The molecular weight excluding hydrogens is 269 g/mol. The number of hydrogen-bond donors (Lipinski definition) is 3. The van der Waals surface area contributed by atoms with Crippen LogP contribution in [-0.4, -0.2) is 44.2 Å². The molecule has 0 unspecified atom stereocenters. The Labute approximate surface area is 127 Å². The lowest BCUT2D eigenvalue weighted by Gasteiger charge is -2.22. The summed E-state index contributed by atoms with van der Waals surface area (Å²) < 4.78 is 10.4. The van der Waals surface area contributed by atoms with Gasteiger partial charge in [0.15, 0.2) is 0 Å². The topological polar surface area (TPSA) is 71.0 Å². The van der Waals surface area contributed by atoms with Crippen LogP contribution in [0.25, 0.3) is 0 Å². The third-order valence-electron chi connectivity index (χ3n) is 3.22. The number of aliphatic hydroxyl groups is 2. The smallest absolute Gasteiger partial charge is 0.395 e. The Morgan fingerprint density at radius 1 is 1.24 bits per heavy atom. The van der Waals surface area contributed by atoms with Crippen LogP contribution in [0.15, 0.2) is 24.3 Å². The normalized spacial score (nSPS) is 13.7. The summed E-state index contributed by atoms with van der Waals surface area (Å²) in [6.45, 7) is 2.67. The fourth-order valence-corrected chi connectivity index (χ4v) is 1.93. The maximum Gasteiger partial charge on any atom is 0.395 e. The molecule has 0 spiro atoms. The first-order valence-corrected chi connectivity index (χ1v) is 7.35. The summed E-state index contributed by atoms with van der Waals surface area (Å²) in [4.78, 5) is 0. The van der Waals surface area contributed by atoms with Crippen LogP contribution in [0.4, 0.5) is 0 Å². The molecule has 0 aliphatic carbocycles. The van der Waals surface area contributed by atoms with Crippen LogP contribution in [-0.2, 0) is 4.65 Å². The molecule has 1 aromatic rings. The van der Waals surface area contributed by atoms with Gasteiger partial charge in [-0.3, -0.25) is 0 Å². The van der Waals surface area contributed by atoms with Crippen LogP contribution in [0.2, 0.25) is 0 Å². The van der Waals surface area contributed by atoms with Crippen LogP contribution < -0.4 is 9.96 Å². The molecule has 6 heteroatoms. The second kappa shape index (κ2) is 10.6. The molecule has 0 aliphatic heterocycles. The van der Waals surface area contributed by atoms with Crippen molar-refractivity contribution in [3.63, 3.8) is 0 Å². The SMILES string of the molecule is CCCCCOc1ccc([C@H](O)[C@@H](CO)N[B]OC)cc1. The van der Waals surface area contributed by atoms with Gasteiger partial charge in [-0.25, -0.2) is 0 Å². The Balaban J connectivity index is 2.51. The van der Waals surface area contributed by atoms with Crippen LogP contribution >= 0.6 is 0 Å². The molecule has 21 heavy (non-hydrogen) atoms. The molecule has 2 atom stereocenters. The summed E-state index contributed by atoms with van der Waals surface area (Å²) in [5, 5.41) is 22.3. The molecule has 0 fully saturated rings. The van der Waals surface area contributed by atoms with E-state index in [4.69, 9.17) is 9.39 Å². The van der Waals surface area contributed by atoms with Crippen LogP contribution in [0.5, 0.6) is 5.75 Å². The molecule has 1 aromatic carbocycles. The van der Waals surface area contributed by atoms with Crippen molar-refractivity contribution in [1.82, 2.24) is 5.23 Å². The van der Waals surface area contributed by atoms with Gasteiger partial charge in [0.1, 0.15) is 5.75 Å². The zero-order valence-electron chi connectivity index (χ0n) is 12.8. The molecule has 0 heterocycles. The van der Waals surface area contributed by atoms with Crippen molar-refractivity contribution in [3.05, 3.63) is 29.8 Å². The minimum atomic E-state index is -0.824. The van der Waals surface area contributed by atoms with Gasteiger partial charge in [0, 0.05) is 7.11 Å². The van der Waals surface area contributed by atoms with Gasteiger partial charge in [-0.2, -0.15) is 0 Å². The van der Waals surface area contributed by atoms with E-state index in [2.05, 4.69) is 12.2 Å². The average molecular weight is 294 g/mol. The van der Waals surface area contributed by atoms with Gasteiger partial charge >= 0.3 is 7.62 Å². The van der Waals surface area contributed by atoms with Crippen LogP contribution in [0, 0.1) is 0 Å². The lowest BCUT2D eigenvalue weighted by Crippen LogP contribution is -2.41. The molecule has 117 valence electrons. The molecule has 0 saturated heterocycles. The Morgan fingerprint density at radius 2 is 1.95 bits per heavy atom. The van der Waals surface area contributed by atoms with E-state index in [1.54, 1.807) is 12.1 Å². The van der Waals surface area contributed by atoms with E-state index in [0.29, 0.717) is 12.2 Å². The average Bonchev–Trinajstić information content (AvgIpc) is 2.52. The van der Waals surface area contributed by atoms with E-state index in [1.165, 1.54) is 21.1 Å². The summed E-state index contributed by atoms with van der Waals surface area (Å²) in [7, 11) is 2.84. The second-order valence-electron chi connectivity index (χ2n) is 4.88. The zero-order valence-corrected chi connectivity index (χ0v) is 12.8. The van der Waals surface area contributed by atoms with Crippen molar-refractivity contribution in [2.75, 3.05) is 20.3 Å². The van der Waals surface area contributed by atoms with Gasteiger partial charge in [0.05, 0.1) is 25.4 Å². The standard InChI is InChI=1S/C15H25BNO4/c1-3-4-5-10-21-13-8-6-12(7-9-13)15(19)14(11-18)17-16-20-2/h6-9,14-15,17-19H,3-5,10-11H2,1-2H3/t14-,15+/m1/s1. The quantitative estimate of drug-likeness (QED) is 0.425. The van der Waals surface area contributed by atoms with Crippen LogP contribution in [0.1, 0.15) is 37.9 Å². The van der Waals surface area contributed by atoms with Gasteiger partial charge in [-0.15, -0.1) is 0 Å². The lowest BCUT2D eigenvalue weighted by atomic mass is 10.0. The fraction of sp³-hybridized carbons (Fsp3) is 0.600. The predicted octanol–water partition coefficient (Wildman–Crippen LogP) is 1.42. The predicted molar refractivity (Wildman–Crippen MR) is 83.2 cm³/mol. The number of aliphatic hydroxyl groups excluding tert-OH is 2. The zero-order chi connectivity index (χ0) is 15.5. The molecule has 0 aliphatic rings. The van der Waals surface area contributed by atoms with E-state index in [0.717, 1.165) is 18.6 Å². The van der Waals surface area contributed by atoms with E-state index >= 15 is 0 Å². The number of benzene rings is 1. The van der Waals surface area contributed by atoms with Crippen LogP contribution in [0.3, 0.4) is 0 Å².